The number of carbonyl (C=O) groups excluding carboxylic acids is 2. The fraction of sp³-hybridized carbons (Fsp3) is 0.154. The normalized spacial score (nSPS) is 25.3. The first-order valence-electron chi connectivity index (χ1n) is 10.3. The Kier molecular flexibility index (Phi) is 3.72. The monoisotopic (exact) mass is 403 g/mol. The van der Waals surface area contributed by atoms with Crippen LogP contribution in [0.25, 0.3) is 0 Å². The maximum atomic E-state index is 13.4. The number of nitriles is 1. The summed E-state index contributed by atoms with van der Waals surface area (Å²) < 4.78 is 0. The van der Waals surface area contributed by atoms with E-state index < -0.39 is 11.8 Å². The molecular weight excluding hydrogens is 386 g/mol. The molecule has 0 N–H and O–H groups in total. The zero-order valence-corrected chi connectivity index (χ0v) is 16.5. The van der Waals surface area contributed by atoms with E-state index in [1.165, 1.54) is 6.21 Å². The molecule has 0 aromatic heterocycles. The average molecular weight is 403 g/mol. The predicted octanol–water partition coefficient (Wildman–Crippen LogP) is 3.78. The lowest BCUT2D eigenvalue weighted by Crippen LogP contribution is -2.41. The topological polar surface area (TPSA) is 73.5 Å². The molecule has 1 heterocycles. The second-order valence-corrected chi connectivity index (χ2v) is 8.23. The van der Waals surface area contributed by atoms with Gasteiger partial charge >= 0.3 is 0 Å². The van der Waals surface area contributed by atoms with E-state index in [4.69, 9.17) is 5.26 Å². The number of carbonyl (C=O) groups is 2. The Hall–Kier alpha value is -4.04. The van der Waals surface area contributed by atoms with Gasteiger partial charge in [-0.1, -0.05) is 60.7 Å². The van der Waals surface area contributed by atoms with Gasteiger partial charge in [0.1, 0.15) is 0 Å². The van der Waals surface area contributed by atoms with Gasteiger partial charge in [-0.3, -0.25) is 9.59 Å². The average Bonchev–Trinajstić information content (AvgIpc) is 3.08. The molecule has 3 aromatic rings. The second kappa shape index (κ2) is 6.48. The number of imide groups is 1. The number of nitrogens with zero attached hydrogens (tertiary/aromatic N) is 3. The molecule has 1 saturated heterocycles. The minimum atomic E-state index is -0.430. The third-order valence-electron chi connectivity index (χ3n) is 6.79. The molecule has 0 unspecified atom stereocenters. The number of rotatable bonds is 2. The van der Waals surface area contributed by atoms with Crippen molar-refractivity contribution in [3.8, 4) is 6.07 Å². The fourth-order valence-electron chi connectivity index (χ4n) is 5.54. The van der Waals surface area contributed by atoms with Crippen LogP contribution in [0.1, 0.15) is 45.2 Å². The maximum Gasteiger partial charge on any atom is 0.254 e. The molecule has 5 nitrogen and oxygen atoms in total. The largest absolute Gasteiger partial charge is 0.272 e. The lowest BCUT2D eigenvalue weighted by atomic mass is 9.55. The van der Waals surface area contributed by atoms with Crippen molar-refractivity contribution in [1.29, 1.82) is 5.26 Å². The molecule has 31 heavy (non-hydrogen) atoms. The van der Waals surface area contributed by atoms with Gasteiger partial charge in [0.2, 0.25) is 0 Å². The molecule has 4 aliphatic rings. The van der Waals surface area contributed by atoms with E-state index in [2.05, 4.69) is 35.4 Å². The van der Waals surface area contributed by atoms with Crippen LogP contribution >= 0.6 is 0 Å². The van der Waals surface area contributed by atoms with Crippen LogP contribution in [-0.2, 0) is 9.59 Å². The quantitative estimate of drug-likeness (QED) is 0.483. The fourth-order valence-corrected chi connectivity index (χ4v) is 5.54. The lowest BCUT2D eigenvalue weighted by molar-refractivity contribution is -0.139. The third kappa shape index (κ3) is 2.39. The molecule has 3 aliphatic carbocycles. The summed E-state index contributed by atoms with van der Waals surface area (Å²) in [6.45, 7) is 0. The summed E-state index contributed by atoms with van der Waals surface area (Å²) in [7, 11) is 0. The Morgan fingerprint density at radius 1 is 0.742 bits per heavy atom. The van der Waals surface area contributed by atoms with Gasteiger partial charge in [-0.2, -0.15) is 15.4 Å². The van der Waals surface area contributed by atoms with Crippen LogP contribution in [0.4, 0.5) is 0 Å². The Morgan fingerprint density at radius 2 is 1.19 bits per heavy atom. The SMILES string of the molecule is N#Cc1ccc(/C=N\N2C(=O)[C@@H]3C4c5ccccc5C(c5ccccc54)[C@H]3C2=O)cc1. The van der Waals surface area contributed by atoms with Crippen molar-refractivity contribution >= 4 is 18.0 Å². The van der Waals surface area contributed by atoms with Crippen molar-refractivity contribution in [3.05, 3.63) is 106 Å². The molecule has 0 saturated carbocycles. The van der Waals surface area contributed by atoms with Gasteiger partial charge in [0.25, 0.3) is 11.8 Å². The van der Waals surface area contributed by atoms with E-state index in [1.54, 1.807) is 24.3 Å². The minimum absolute atomic E-state index is 0.131. The van der Waals surface area contributed by atoms with Crippen LogP contribution in [0.5, 0.6) is 0 Å². The Bertz CT molecular complexity index is 1200. The number of hydrogen-bond donors (Lipinski definition) is 0. The summed E-state index contributed by atoms with van der Waals surface area (Å²) >= 11 is 0. The molecule has 3 aromatic carbocycles. The van der Waals surface area contributed by atoms with Gasteiger partial charge in [-0.05, 0) is 39.9 Å². The standard InChI is InChI=1S/C26H17N3O2/c27-13-15-9-11-16(12-10-15)14-28-29-25(30)23-21-17-5-1-2-6-18(17)22(24(23)26(29)31)20-8-4-3-7-19(20)21/h1-12,14,21-24H/b28-14-/t21?,22?,23-,24-/m1/s1. The highest BCUT2D eigenvalue weighted by Crippen LogP contribution is 2.60. The first-order valence-corrected chi connectivity index (χ1v) is 10.3. The Balaban J connectivity index is 1.42. The molecule has 1 aliphatic heterocycles. The summed E-state index contributed by atoms with van der Waals surface area (Å²) in [4.78, 5) is 26.9. The number of amides is 2. The molecule has 0 spiro atoms. The molecule has 1 fully saturated rings. The predicted molar refractivity (Wildman–Crippen MR) is 114 cm³/mol. The maximum absolute atomic E-state index is 13.4. The lowest BCUT2D eigenvalue weighted by Gasteiger charge is -2.45. The van der Waals surface area contributed by atoms with Crippen LogP contribution < -0.4 is 0 Å². The molecule has 7 rings (SSSR count). The van der Waals surface area contributed by atoms with Crippen molar-refractivity contribution in [2.45, 2.75) is 11.8 Å². The summed E-state index contributed by atoms with van der Waals surface area (Å²) in [5.74, 6) is -1.60. The van der Waals surface area contributed by atoms with Crippen LogP contribution in [0.15, 0.2) is 77.9 Å². The van der Waals surface area contributed by atoms with E-state index in [0.717, 1.165) is 32.8 Å². The molecule has 2 amide bonds. The molecule has 0 radical (unpaired) electrons. The Morgan fingerprint density at radius 3 is 1.61 bits per heavy atom. The third-order valence-corrected chi connectivity index (χ3v) is 6.79. The zero-order valence-electron chi connectivity index (χ0n) is 16.5. The van der Waals surface area contributed by atoms with Crippen molar-refractivity contribution < 1.29 is 9.59 Å². The van der Waals surface area contributed by atoms with Crippen molar-refractivity contribution in [1.82, 2.24) is 5.01 Å². The second-order valence-electron chi connectivity index (χ2n) is 8.23. The van der Waals surface area contributed by atoms with Crippen LogP contribution in [0.3, 0.4) is 0 Å². The first-order chi connectivity index (χ1) is 15.2. The molecule has 2 bridgehead atoms. The van der Waals surface area contributed by atoms with Gasteiger partial charge in [-0.25, -0.2) is 0 Å². The first kappa shape index (κ1) is 17.8. The van der Waals surface area contributed by atoms with Gasteiger partial charge in [0.05, 0.1) is 29.7 Å². The van der Waals surface area contributed by atoms with Crippen LogP contribution in [0.2, 0.25) is 0 Å². The number of hydrazone groups is 1. The molecule has 2 atom stereocenters. The smallest absolute Gasteiger partial charge is 0.254 e. The Labute approximate surface area is 179 Å². The summed E-state index contributed by atoms with van der Waals surface area (Å²) in [6.07, 6.45) is 1.51. The highest BCUT2D eigenvalue weighted by Gasteiger charge is 2.61. The summed E-state index contributed by atoms with van der Waals surface area (Å²) in [6, 6.07) is 25.3. The van der Waals surface area contributed by atoms with E-state index in [1.807, 2.05) is 24.3 Å². The van der Waals surface area contributed by atoms with E-state index in [9.17, 15) is 9.59 Å². The van der Waals surface area contributed by atoms with E-state index >= 15 is 0 Å². The van der Waals surface area contributed by atoms with Crippen molar-refractivity contribution in [3.63, 3.8) is 0 Å². The van der Waals surface area contributed by atoms with Crippen molar-refractivity contribution in [2.75, 3.05) is 0 Å². The van der Waals surface area contributed by atoms with Gasteiger partial charge in [0, 0.05) is 11.8 Å². The van der Waals surface area contributed by atoms with E-state index in [0.29, 0.717) is 5.56 Å². The molecular formula is C26H17N3O2. The minimum Gasteiger partial charge on any atom is -0.272 e. The summed E-state index contributed by atoms with van der Waals surface area (Å²) in [5.41, 5.74) is 5.85. The summed E-state index contributed by atoms with van der Waals surface area (Å²) in [5, 5.41) is 14.3. The van der Waals surface area contributed by atoms with Gasteiger partial charge < -0.3 is 0 Å². The molecule has 148 valence electrons. The van der Waals surface area contributed by atoms with Crippen LogP contribution in [0, 0.1) is 23.2 Å². The highest BCUT2D eigenvalue weighted by atomic mass is 16.2. The molecule has 5 heteroatoms. The number of hydrogen-bond acceptors (Lipinski definition) is 4. The zero-order chi connectivity index (χ0) is 21.1. The van der Waals surface area contributed by atoms with E-state index in [-0.39, 0.29) is 23.7 Å². The van der Waals surface area contributed by atoms with Gasteiger partial charge in [0.15, 0.2) is 0 Å². The number of benzene rings is 3. The van der Waals surface area contributed by atoms with Crippen molar-refractivity contribution in [2.24, 2.45) is 16.9 Å². The highest BCUT2D eigenvalue weighted by molar-refractivity contribution is 6.08. The van der Waals surface area contributed by atoms with Gasteiger partial charge in [-0.15, -0.1) is 0 Å². The van der Waals surface area contributed by atoms with Crippen LogP contribution in [-0.4, -0.2) is 23.0 Å².